The van der Waals surface area contributed by atoms with Crippen LogP contribution in [0.25, 0.3) is 0 Å². The summed E-state index contributed by atoms with van der Waals surface area (Å²) in [5.74, 6) is 0. The SMILES string of the molecule is CCCNCc1[nH]cc(C)c(=O)c1C. The van der Waals surface area contributed by atoms with Gasteiger partial charge in [-0.15, -0.1) is 0 Å². The standard InChI is InChI=1S/C11H18N2O/c1-4-5-12-7-10-9(3)11(14)8(2)6-13-10/h6,12H,4-5,7H2,1-3H3,(H,13,14). The van der Waals surface area contributed by atoms with Crippen LogP contribution in [0, 0.1) is 13.8 Å². The van der Waals surface area contributed by atoms with Crippen molar-refractivity contribution in [2.24, 2.45) is 0 Å². The lowest BCUT2D eigenvalue weighted by molar-refractivity contribution is 0.660. The maximum Gasteiger partial charge on any atom is 0.187 e. The van der Waals surface area contributed by atoms with Gasteiger partial charge >= 0.3 is 0 Å². The van der Waals surface area contributed by atoms with Crippen molar-refractivity contribution in [2.45, 2.75) is 33.7 Å². The summed E-state index contributed by atoms with van der Waals surface area (Å²) >= 11 is 0. The van der Waals surface area contributed by atoms with Gasteiger partial charge in [-0.2, -0.15) is 0 Å². The molecule has 0 fully saturated rings. The summed E-state index contributed by atoms with van der Waals surface area (Å²) in [4.78, 5) is 14.7. The minimum Gasteiger partial charge on any atom is -0.363 e. The Bertz CT molecular complexity index is 355. The predicted octanol–water partition coefficient (Wildman–Crippen LogP) is 1.49. The van der Waals surface area contributed by atoms with Gasteiger partial charge in [-0.1, -0.05) is 6.92 Å². The molecule has 0 spiro atoms. The van der Waals surface area contributed by atoms with E-state index in [-0.39, 0.29) is 5.43 Å². The second-order valence-electron chi connectivity index (χ2n) is 3.58. The van der Waals surface area contributed by atoms with Crippen molar-refractivity contribution >= 4 is 0 Å². The zero-order valence-electron chi connectivity index (χ0n) is 9.11. The van der Waals surface area contributed by atoms with Crippen LogP contribution in [-0.2, 0) is 6.54 Å². The van der Waals surface area contributed by atoms with Crippen molar-refractivity contribution in [1.29, 1.82) is 0 Å². The maximum absolute atomic E-state index is 11.6. The van der Waals surface area contributed by atoms with Crippen LogP contribution in [-0.4, -0.2) is 11.5 Å². The van der Waals surface area contributed by atoms with Crippen LogP contribution in [0.5, 0.6) is 0 Å². The average Bonchev–Trinajstić information content (AvgIpc) is 2.18. The third-order valence-corrected chi connectivity index (χ3v) is 2.34. The van der Waals surface area contributed by atoms with Gasteiger partial charge in [0.25, 0.3) is 0 Å². The van der Waals surface area contributed by atoms with E-state index in [4.69, 9.17) is 0 Å². The Morgan fingerprint density at radius 2 is 2.14 bits per heavy atom. The van der Waals surface area contributed by atoms with Gasteiger partial charge in [-0.25, -0.2) is 0 Å². The molecule has 1 aromatic rings. The molecule has 0 aliphatic carbocycles. The van der Waals surface area contributed by atoms with Gasteiger partial charge in [0.1, 0.15) is 0 Å². The monoisotopic (exact) mass is 194 g/mol. The first kappa shape index (κ1) is 11.0. The summed E-state index contributed by atoms with van der Waals surface area (Å²) in [6.07, 6.45) is 2.88. The number of hydrogen-bond donors (Lipinski definition) is 2. The molecule has 0 aliphatic heterocycles. The van der Waals surface area contributed by atoms with Crippen molar-refractivity contribution in [3.05, 3.63) is 33.2 Å². The highest BCUT2D eigenvalue weighted by atomic mass is 16.1. The minimum absolute atomic E-state index is 0.150. The molecule has 0 bridgehead atoms. The van der Waals surface area contributed by atoms with Gasteiger partial charge in [0.05, 0.1) is 0 Å². The predicted molar refractivity (Wildman–Crippen MR) is 58.5 cm³/mol. The van der Waals surface area contributed by atoms with E-state index in [1.54, 1.807) is 6.20 Å². The zero-order valence-corrected chi connectivity index (χ0v) is 9.11. The number of aryl methyl sites for hydroxylation is 1. The molecule has 0 aromatic carbocycles. The molecule has 0 atom stereocenters. The third kappa shape index (κ3) is 2.45. The zero-order chi connectivity index (χ0) is 10.6. The minimum atomic E-state index is 0.150. The molecule has 0 aliphatic rings. The van der Waals surface area contributed by atoms with Crippen LogP contribution in [0.3, 0.4) is 0 Å². The molecular formula is C11H18N2O. The fourth-order valence-electron chi connectivity index (χ4n) is 1.38. The van der Waals surface area contributed by atoms with Crippen molar-refractivity contribution in [3.63, 3.8) is 0 Å². The highest BCUT2D eigenvalue weighted by Gasteiger charge is 2.03. The largest absolute Gasteiger partial charge is 0.363 e. The summed E-state index contributed by atoms with van der Waals surface area (Å²) in [5.41, 5.74) is 2.75. The quantitative estimate of drug-likeness (QED) is 0.713. The van der Waals surface area contributed by atoms with Gasteiger partial charge in [0.2, 0.25) is 0 Å². The Kier molecular flexibility index (Phi) is 3.89. The molecule has 0 saturated carbocycles. The topological polar surface area (TPSA) is 44.9 Å². The lowest BCUT2D eigenvalue weighted by atomic mass is 10.1. The molecule has 78 valence electrons. The number of H-pyrrole nitrogens is 1. The summed E-state index contributed by atoms with van der Waals surface area (Å²) < 4.78 is 0. The van der Waals surface area contributed by atoms with E-state index in [0.29, 0.717) is 0 Å². The first-order valence-corrected chi connectivity index (χ1v) is 5.05. The fourth-order valence-corrected chi connectivity index (χ4v) is 1.38. The van der Waals surface area contributed by atoms with Crippen molar-refractivity contribution in [2.75, 3.05) is 6.54 Å². The van der Waals surface area contributed by atoms with Crippen LogP contribution in [0.4, 0.5) is 0 Å². The van der Waals surface area contributed by atoms with Crippen molar-refractivity contribution in [3.8, 4) is 0 Å². The van der Waals surface area contributed by atoms with E-state index in [2.05, 4.69) is 17.2 Å². The lowest BCUT2D eigenvalue weighted by Crippen LogP contribution is -2.20. The number of rotatable bonds is 4. The summed E-state index contributed by atoms with van der Waals surface area (Å²) in [6, 6.07) is 0. The van der Waals surface area contributed by atoms with E-state index in [1.807, 2.05) is 13.8 Å². The molecule has 1 rings (SSSR count). The molecule has 3 heteroatoms. The Morgan fingerprint density at radius 3 is 2.79 bits per heavy atom. The van der Waals surface area contributed by atoms with Gasteiger partial charge in [-0.05, 0) is 26.8 Å². The molecule has 0 saturated heterocycles. The second kappa shape index (κ2) is 4.96. The van der Waals surface area contributed by atoms with Gasteiger partial charge in [0, 0.05) is 29.6 Å². The number of hydrogen-bond acceptors (Lipinski definition) is 2. The lowest BCUT2D eigenvalue weighted by Gasteiger charge is -2.07. The van der Waals surface area contributed by atoms with Crippen LogP contribution in [0.1, 0.15) is 30.2 Å². The molecule has 2 N–H and O–H groups in total. The van der Waals surface area contributed by atoms with Crippen molar-refractivity contribution < 1.29 is 0 Å². The van der Waals surface area contributed by atoms with Gasteiger partial charge in [0.15, 0.2) is 5.43 Å². The number of aromatic nitrogens is 1. The second-order valence-corrected chi connectivity index (χ2v) is 3.58. The number of nitrogens with one attached hydrogen (secondary N) is 2. The van der Waals surface area contributed by atoms with E-state index < -0.39 is 0 Å². The van der Waals surface area contributed by atoms with E-state index in [0.717, 1.165) is 36.3 Å². The van der Waals surface area contributed by atoms with E-state index >= 15 is 0 Å². The number of pyridine rings is 1. The molecule has 0 radical (unpaired) electrons. The third-order valence-electron chi connectivity index (χ3n) is 2.34. The molecule has 3 nitrogen and oxygen atoms in total. The van der Waals surface area contributed by atoms with Gasteiger partial charge < -0.3 is 10.3 Å². The highest BCUT2D eigenvalue weighted by molar-refractivity contribution is 5.23. The average molecular weight is 194 g/mol. The summed E-state index contributed by atoms with van der Waals surface area (Å²) in [7, 11) is 0. The Morgan fingerprint density at radius 1 is 1.43 bits per heavy atom. The Balaban J connectivity index is 2.79. The van der Waals surface area contributed by atoms with Crippen LogP contribution < -0.4 is 10.7 Å². The molecule has 1 heterocycles. The van der Waals surface area contributed by atoms with E-state index in [9.17, 15) is 4.79 Å². The van der Waals surface area contributed by atoms with Gasteiger partial charge in [-0.3, -0.25) is 4.79 Å². The molecule has 1 aromatic heterocycles. The number of aromatic amines is 1. The van der Waals surface area contributed by atoms with Crippen molar-refractivity contribution in [1.82, 2.24) is 10.3 Å². The maximum atomic E-state index is 11.6. The molecule has 14 heavy (non-hydrogen) atoms. The highest BCUT2D eigenvalue weighted by Crippen LogP contribution is 1.99. The molecular weight excluding hydrogens is 176 g/mol. The Labute approximate surface area is 84.6 Å². The summed E-state index contributed by atoms with van der Waals surface area (Å²) in [5, 5.41) is 3.27. The van der Waals surface area contributed by atoms with Crippen LogP contribution >= 0.6 is 0 Å². The smallest absolute Gasteiger partial charge is 0.187 e. The molecule has 0 amide bonds. The van der Waals surface area contributed by atoms with Crippen LogP contribution in [0.15, 0.2) is 11.0 Å². The van der Waals surface area contributed by atoms with Crippen LogP contribution in [0.2, 0.25) is 0 Å². The molecule has 0 unspecified atom stereocenters. The fraction of sp³-hybridized carbons (Fsp3) is 0.545. The Hall–Kier alpha value is -1.09. The first-order chi connectivity index (χ1) is 6.66. The van der Waals surface area contributed by atoms with E-state index in [1.165, 1.54) is 0 Å². The normalized spacial score (nSPS) is 10.5. The first-order valence-electron chi connectivity index (χ1n) is 5.05. The summed E-state index contributed by atoms with van der Waals surface area (Å²) in [6.45, 7) is 7.55.